The third-order valence-corrected chi connectivity index (χ3v) is 4.59. The molecule has 8 heteroatoms. The number of hydrogen-bond acceptors (Lipinski definition) is 4. The number of carbonyl (C=O) groups excluding carboxylic acids is 2. The molecule has 2 aliphatic heterocycles. The highest BCUT2D eigenvalue weighted by Gasteiger charge is 2.39. The molecule has 0 aliphatic carbocycles. The van der Waals surface area contributed by atoms with Crippen molar-refractivity contribution in [3.05, 3.63) is 29.3 Å². The standard InChI is InChI=1S/C16H17ClN2O5/c17-11-3-1-2-4-12(11)19-8-10(7-14(19)20)15(21)18-5-6-24-13(9-18)16(22)23/h1-4,10,13H,5-9H2,(H,22,23)/t10-,13+/m1/s1. The first-order valence-electron chi connectivity index (χ1n) is 7.65. The average Bonchev–Trinajstić information content (AvgIpc) is 2.96. The zero-order chi connectivity index (χ0) is 17.3. The maximum absolute atomic E-state index is 12.6. The van der Waals surface area contributed by atoms with E-state index in [2.05, 4.69) is 0 Å². The Bertz CT molecular complexity index is 680. The second-order valence-electron chi connectivity index (χ2n) is 5.84. The zero-order valence-corrected chi connectivity index (χ0v) is 13.6. The molecule has 2 amide bonds. The Morgan fingerprint density at radius 1 is 1.25 bits per heavy atom. The summed E-state index contributed by atoms with van der Waals surface area (Å²) in [6.07, 6.45) is -0.918. The van der Waals surface area contributed by atoms with Crippen molar-refractivity contribution < 1.29 is 24.2 Å². The number of benzene rings is 1. The summed E-state index contributed by atoms with van der Waals surface area (Å²) < 4.78 is 5.12. The molecule has 0 aromatic heterocycles. The molecule has 2 aliphatic rings. The van der Waals surface area contributed by atoms with Crippen LogP contribution in [0.25, 0.3) is 0 Å². The lowest BCUT2D eigenvalue weighted by molar-refractivity contribution is -0.160. The molecule has 128 valence electrons. The quantitative estimate of drug-likeness (QED) is 0.877. The van der Waals surface area contributed by atoms with Crippen LogP contribution in [0.5, 0.6) is 0 Å². The maximum Gasteiger partial charge on any atom is 0.334 e. The van der Waals surface area contributed by atoms with Crippen LogP contribution >= 0.6 is 11.6 Å². The van der Waals surface area contributed by atoms with E-state index in [0.717, 1.165) is 0 Å². The van der Waals surface area contributed by atoms with Crippen LogP contribution in [0.3, 0.4) is 0 Å². The van der Waals surface area contributed by atoms with Crippen molar-refractivity contribution in [3.63, 3.8) is 0 Å². The highest BCUT2D eigenvalue weighted by molar-refractivity contribution is 6.33. The highest BCUT2D eigenvalue weighted by Crippen LogP contribution is 2.31. The Hall–Kier alpha value is -2.12. The predicted octanol–water partition coefficient (Wildman–Crippen LogP) is 1.00. The fourth-order valence-corrected chi connectivity index (χ4v) is 3.27. The van der Waals surface area contributed by atoms with Gasteiger partial charge in [-0.1, -0.05) is 23.7 Å². The fourth-order valence-electron chi connectivity index (χ4n) is 3.03. The lowest BCUT2D eigenvalue weighted by Crippen LogP contribution is -2.50. The number of nitrogens with zero attached hydrogens (tertiary/aromatic N) is 2. The van der Waals surface area contributed by atoms with Crippen molar-refractivity contribution >= 4 is 35.1 Å². The van der Waals surface area contributed by atoms with Crippen molar-refractivity contribution in [2.45, 2.75) is 12.5 Å². The minimum Gasteiger partial charge on any atom is -0.479 e. The van der Waals surface area contributed by atoms with Gasteiger partial charge >= 0.3 is 5.97 Å². The van der Waals surface area contributed by atoms with Gasteiger partial charge < -0.3 is 19.6 Å². The first-order chi connectivity index (χ1) is 11.5. The van der Waals surface area contributed by atoms with Crippen LogP contribution in [0.4, 0.5) is 5.69 Å². The second-order valence-corrected chi connectivity index (χ2v) is 6.25. The van der Waals surface area contributed by atoms with Gasteiger partial charge in [-0.2, -0.15) is 0 Å². The number of ether oxygens (including phenoxy) is 1. The molecular formula is C16H17ClN2O5. The summed E-state index contributed by atoms with van der Waals surface area (Å²) >= 11 is 6.13. The maximum atomic E-state index is 12.6. The number of carboxylic acids is 1. The lowest BCUT2D eigenvalue weighted by atomic mass is 10.1. The van der Waals surface area contributed by atoms with Crippen molar-refractivity contribution in [1.82, 2.24) is 4.90 Å². The van der Waals surface area contributed by atoms with Gasteiger partial charge in [-0.25, -0.2) is 4.79 Å². The number of morpholine rings is 1. The number of anilines is 1. The summed E-state index contributed by atoms with van der Waals surface area (Å²) in [5, 5.41) is 9.48. The summed E-state index contributed by atoms with van der Waals surface area (Å²) in [7, 11) is 0. The summed E-state index contributed by atoms with van der Waals surface area (Å²) in [6.45, 7) is 0.762. The minimum absolute atomic E-state index is 0.00491. The molecule has 2 atom stereocenters. The summed E-state index contributed by atoms with van der Waals surface area (Å²) in [5.74, 6) is -1.97. The van der Waals surface area contributed by atoms with Gasteiger partial charge in [-0.3, -0.25) is 9.59 Å². The van der Waals surface area contributed by atoms with E-state index in [-0.39, 0.29) is 37.9 Å². The molecule has 2 fully saturated rings. The molecule has 0 spiro atoms. The Balaban J connectivity index is 1.70. The summed E-state index contributed by atoms with van der Waals surface area (Å²) in [5.41, 5.74) is 0.588. The molecule has 0 bridgehead atoms. The van der Waals surface area contributed by atoms with Crippen molar-refractivity contribution in [1.29, 1.82) is 0 Å². The molecule has 24 heavy (non-hydrogen) atoms. The monoisotopic (exact) mass is 352 g/mol. The van der Waals surface area contributed by atoms with Crippen LogP contribution in [0.2, 0.25) is 5.02 Å². The first kappa shape index (κ1) is 16.7. The third-order valence-electron chi connectivity index (χ3n) is 4.27. The highest BCUT2D eigenvalue weighted by atomic mass is 35.5. The molecule has 7 nitrogen and oxygen atoms in total. The van der Waals surface area contributed by atoms with E-state index in [0.29, 0.717) is 17.3 Å². The average molecular weight is 353 g/mol. The van der Waals surface area contributed by atoms with Gasteiger partial charge in [-0.05, 0) is 12.1 Å². The number of carboxylic acid groups (broad SMARTS) is 1. The minimum atomic E-state index is -1.09. The number of para-hydroxylation sites is 1. The molecule has 0 unspecified atom stereocenters. The van der Waals surface area contributed by atoms with Crippen LogP contribution in [-0.4, -0.2) is 60.1 Å². The third kappa shape index (κ3) is 3.22. The summed E-state index contributed by atoms with van der Waals surface area (Å²) in [6, 6.07) is 6.99. The van der Waals surface area contributed by atoms with E-state index in [4.69, 9.17) is 21.4 Å². The van der Waals surface area contributed by atoms with Crippen molar-refractivity contribution in [2.75, 3.05) is 31.1 Å². The Morgan fingerprint density at radius 2 is 2.00 bits per heavy atom. The molecule has 0 radical (unpaired) electrons. The molecule has 3 rings (SSSR count). The Morgan fingerprint density at radius 3 is 2.71 bits per heavy atom. The number of halogens is 1. The van der Waals surface area contributed by atoms with Crippen molar-refractivity contribution in [2.24, 2.45) is 5.92 Å². The van der Waals surface area contributed by atoms with Crippen molar-refractivity contribution in [3.8, 4) is 0 Å². The van der Waals surface area contributed by atoms with Gasteiger partial charge in [0.2, 0.25) is 11.8 Å². The first-order valence-corrected chi connectivity index (χ1v) is 8.03. The number of carbonyl (C=O) groups is 3. The summed E-state index contributed by atoms with van der Waals surface area (Å²) in [4.78, 5) is 38.9. The molecule has 1 N–H and O–H groups in total. The van der Waals surface area contributed by atoms with Gasteiger partial charge in [0.1, 0.15) is 0 Å². The van der Waals surface area contributed by atoms with E-state index in [9.17, 15) is 14.4 Å². The van der Waals surface area contributed by atoms with E-state index >= 15 is 0 Å². The van der Waals surface area contributed by atoms with Gasteiger partial charge in [0, 0.05) is 19.5 Å². The van der Waals surface area contributed by atoms with Gasteiger partial charge in [0.25, 0.3) is 0 Å². The van der Waals surface area contributed by atoms with Gasteiger partial charge in [0.05, 0.1) is 29.8 Å². The Labute approximate surface area is 143 Å². The second kappa shape index (κ2) is 6.78. The molecule has 1 aromatic rings. The number of hydrogen-bond donors (Lipinski definition) is 1. The normalized spacial score (nSPS) is 24.3. The molecule has 2 heterocycles. The SMILES string of the molecule is O=C(O)[C@@H]1CN(C(=O)[C@@H]2CC(=O)N(c3ccccc3Cl)C2)CCO1. The van der Waals surface area contributed by atoms with Crippen LogP contribution in [0.15, 0.2) is 24.3 Å². The fraction of sp³-hybridized carbons (Fsp3) is 0.438. The number of aliphatic carboxylic acids is 1. The van der Waals surface area contributed by atoms with E-state index in [1.165, 1.54) is 9.80 Å². The van der Waals surface area contributed by atoms with Crippen LogP contribution in [-0.2, 0) is 19.1 Å². The Kier molecular flexibility index (Phi) is 4.73. The van der Waals surface area contributed by atoms with Gasteiger partial charge in [-0.15, -0.1) is 0 Å². The smallest absolute Gasteiger partial charge is 0.334 e. The topological polar surface area (TPSA) is 87.2 Å². The number of amides is 2. The molecule has 2 saturated heterocycles. The van der Waals surface area contributed by atoms with E-state index in [1.807, 2.05) is 0 Å². The van der Waals surface area contributed by atoms with E-state index < -0.39 is 18.0 Å². The molecular weight excluding hydrogens is 336 g/mol. The zero-order valence-electron chi connectivity index (χ0n) is 12.9. The lowest BCUT2D eigenvalue weighted by Gasteiger charge is -2.32. The largest absolute Gasteiger partial charge is 0.479 e. The van der Waals surface area contributed by atoms with Crippen LogP contribution in [0, 0.1) is 5.92 Å². The molecule has 0 saturated carbocycles. The van der Waals surface area contributed by atoms with E-state index in [1.54, 1.807) is 24.3 Å². The molecule has 1 aromatic carbocycles. The predicted molar refractivity (Wildman–Crippen MR) is 85.9 cm³/mol. The van der Waals surface area contributed by atoms with Gasteiger partial charge in [0.15, 0.2) is 6.10 Å². The van der Waals surface area contributed by atoms with Crippen LogP contribution in [0.1, 0.15) is 6.42 Å². The van der Waals surface area contributed by atoms with Crippen LogP contribution < -0.4 is 4.90 Å². The number of rotatable bonds is 3.